The number of thiophene rings is 1. The largest absolute Gasteiger partial charge is 0.325 e. The van der Waals surface area contributed by atoms with Crippen LogP contribution in [0.15, 0.2) is 41.8 Å². The van der Waals surface area contributed by atoms with Crippen molar-refractivity contribution in [2.75, 3.05) is 5.32 Å². The molecule has 0 fully saturated rings. The number of hydrogen-bond acceptors (Lipinski definition) is 4. The summed E-state index contributed by atoms with van der Waals surface area (Å²) in [4.78, 5) is 17.5. The highest BCUT2D eigenvalue weighted by Crippen LogP contribution is 2.21. The fraction of sp³-hybridized carbons (Fsp3) is 0.214. The summed E-state index contributed by atoms with van der Waals surface area (Å²) in [5, 5.41) is 4.73. The van der Waals surface area contributed by atoms with Crippen molar-refractivity contribution in [1.29, 1.82) is 0 Å². The SMILES string of the molecule is CC(=O)Nc1ccsc1CNOCc1ccccc1. The quantitative estimate of drug-likeness (QED) is 0.630. The number of hydrogen-bond donors (Lipinski definition) is 2. The number of hydroxylamine groups is 1. The third-order valence-electron chi connectivity index (χ3n) is 2.47. The molecule has 4 nitrogen and oxygen atoms in total. The van der Waals surface area contributed by atoms with Gasteiger partial charge in [-0.3, -0.25) is 9.63 Å². The van der Waals surface area contributed by atoms with E-state index >= 15 is 0 Å². The normalized spacial score (nSPS) is 10.4. The van der Waals surface area contributed by atoms with Gasteiger partial charge in [0.25, 0.3) is 0 Å². The molecule has 0 aliphatic rings. The minimum atomic E-state index is -0.0650. The highest BCUT2D eigenvalue weighted by molar-refractivity contribution is 7.10. The fourth-order valence-electron chi connectivity index (χ4n) is 1.60. The second-order valence-corrected chi connectivity index (χ2v) is 5.03. The smallest absolute Gasteiger partial charge is 0.221 e. The Morgan fingerprint density at radius 2 is 2.05 bits per heavy atom. The van der Waals surface area contributed by atoms with Gasteiger partial charge in [-0.15, -0.1) is 11.3 Å². The first kappa shape index (κ1) is 13.7. The van der Waals surface area contributed by atoms with Gasteiger partial charge in [0, 0.05) is 11.8 Å². The van der Waals surface area contributed by atoms with Crippen LogP contribution in [0.2, 0.25) is 0 Å². The highest BCUT2D eigenvalue weighted by Gasteiger charge is 2.05. The monoisotopic (exact) mass is 276 g/mol. The molecule has 1 heterocycles. The zero-order chi connectivity index (χ0) is 13.5. The van der Waals surface area contributed by atoms with Crippen LogP contribution in [-0.4, -0.2) is 5.91 Å². The Bertz CT molecular complexity index is 525. The number of benzene rings is 1. The summed E-state index contributed by atoms with van der Waals surface area (Å²) in [5.41, 5.74) is 4.86. The maximum Gasteiger partial charge on any atom is 0.221 e. The minimum Gasteiger partial charge on any atom is -0.325 e. The fourth-order valence-corrected chi connectivity index (χ4v) is 2.36. The van der Waals surface area contributed by atoms with Crippen LogP contribution in [0, 0.1) is 0 Å². The molecule has 0 spiro atoms. The Morgan fingerprint density at radius 3 is 2.79 bits per heavy atom. The van der Waals surface area contributed by atoms with Crippen molar-refractivity contribution in [2.45, 2.75) is 20.1 Å². The van der Waals surface area contributed by atoms with Gasteiger partial charge in [0.05, 0.1) is 18.8 Å². The Balaban J connectivity index is 1.77. The van der Waals surface area contributed by atoms with Gasteiger partial charge in [-0.05, 0) is 17.0 Å². The van der Waals surface area contributed by atoms with Crippen molar-refractivity contribution >= 4 is 22.9 Å². The number of carbonyl (C=O) groups is 1. The topological polar surface area (TPSA) is 50.4 Å². The first-order valence-corrected chi connectivity index (χ1v) is 6.86. The molecule has 0 radical (unpaired) electrons. The third kappa shape index (κ3) is 4.48. The lowest BCUT2D eigenvalue weighted by atomic mass is 10.2. The van der Waals surface area contributed by atoms with Crippen LogP contribution in [0.3, 0.4) is 0 Å². The molecule has 1 aromatic heterocycles. The summed E-state index contributed by atoms with van der Waals surface area (Å²) in [5.74, 6) is -0.0650. The molecule has 100 valence electrons. The molecule has 1 amide bonds. The predicted molar refractivity (Wildman–Crippen MR) is 76.7 cm³/mol. The first-order valence-electron chi connectivity index (χ1n) is 5.98. The van der Waals surface area contributed by atoms with Gasteiger partial charge in [0.1, 0.15) is 0 Å². The summed E-state index contributed by atoms with van der Waals surface area (Å²) < 4.78 is 0. The molecular weight excluding hydrogens is 260 g/mol. The van der Waals surface area contributed by atoms with Crippen molar-refractivity contribution in [3.05, 3.63) is 52.2 Å². The summed E-state index contributed by atoms with van der Waals surface area (Å²) in [6, 6.07) is 11.8. The summed E-state index contributed by atoms with van der Waals surface area (Å²) >= 11 is 1.58. The lowest BCUT2D eigenvalue weighted by molar-refractivity contribution is -0.114. The van der Waals surface area contributed by atoms with Gasteiger partial charge in [0.15, 0.2) is 0 Å². The van der Waals surface area contributed by atoms with E-state index in [1.807, 2.05) is 41.8 Å². The van der Waals surface area contributed by atoms with Crippen LogP contribution < -0.4 is 10.8 Å². The zero-order valence-corrected chi connectivity index (χ0v) is 11.5. The Morgan fingerprint density at radius 1 is 1.26 bits per heavy atom. The first-order chi connectivity index (χ1) is 9.25. The third-order valence-corrected chi connectivity index (χ3v) is 3.39. The molecule has 2 rings (SSSR count). The standard InChI is InChI=1S/C14H16N2O2S/c1-11(17)16-13-7-8-19-14(13)9-15-18-10-12-5-3-2-4-6-12/h2-8,15H,9-10H2,1H3,(H,16,17). The lowest BCUT2D eigenvalue weighted by Crippen LogP contribution is -2.15. The average Bonchev–Trinajstić information content (AvgIpc) is 2.82. The summed E-state index contributed by atoms with van der Waals surface area (Å²) in [7, 11) is 0. The molecule has 2 aromatic rings. The Hall–Kier alpha value is -1.69. The van der Waals surface area contributed by atoms with Gasteiger partial charge in [0.2, 0.25) is 5.91 Å². The Labute approximate surface area is 116 Å². The van der Waals surface area contributed by atoms with Crippen LogP contribution in [0.1, 0.15) is 17.4 Å². The molecule has 0 saturated heterocycles. The van der Waals surface area contributed by atoms with Gasteiger partial charge < -0.3 is 5.32 Å². The molecule has 0 atom stereocenters. The van der Waals surface area contributed by atoms with Gasteiger partial charge >= 0.3 is 0 Å². The van der Waals surface area contributed by atoms with Crippen molar-refractivity contribution in [1.82, 2.24) is 5.48 Å². The van der Waals surface area contributed by atoms with E-state index in [9.17, 15) is 4.79 Å². The molecule has 1 aromatic carbocycles. The number of carbonyl (C=O) groups excluding carboxylic acids is 1. The van der Waals surface area contributed by atoms with E-state index in [0.717, 1.165) is 16.1 Å². The van der Waals surface area contributed by atoms with E-state index in [1.54, 1.807) is 11.3 Å². The van der Waals surface area contributed by atoms with E-state index in [2.05, 4.69) is 10.8 Å². The molecule has 5 heteroatoms. The molecule has 0 aliphatic carbocycles. The van der Waals surface area contributed by atoms with Gasteiger partial charge in [-0.1, -0.05) is 30.3 Å². The number of anilines is 1. The average molecular weight is 276 g/mol. The van der Waals surface area contributed by atoms with Crippen molar-refractivity contribution in [3.8, 4) is 0 Å². The van der Waals surface area contributed by atoms with Crippen LogP contribution in [0.5, 0.6) is 0 Å². The van der Waals surface area contributed by atoms with E-state index < -0.39 is 0 Å². The van der Waals surface area contributed by atoms with E-state index in [-0.39, 0.29) is 5.91 Å². The zero-order valence-electron chi connectivity index (χ0n) is 10.7. The van der Waals surface area contributed by atoms with Crippen LogP contribution in [0.4, 0.5) is 5.69 Å². The predicted octanol–water partition coefficient (Wildman–Crippen LogP) is 2.93. The van der Waals surface area contributed by atoms with E-state index in [0.29, 0.717) is 13.2 Å². The van der Waals surface area contributed by atoms with Crippen molar-refractivity contribution in [2.24, 2.45) is 0 Å². The summed E-state index contributed by atoms with van der Waals surface area (Å²) in [6.45, 7) is 2.59. The molecule has 0 unspecified atom stereocenters. The maximum atomic E-state index is 11.0. The van der Waals surface area contributed by atoms with Crippen LogP contribution >= 0.6 is 11.3 Å². The van der Waals surface area contributed by atoms with Gasteiger partial charge in [-0.2, -0.15) is 5.48 Å². The second-order valence-electron chi connectivity index (χ2n) is 4.03. The number of nitrogens with one attached hydrogen (secondary N) is 2. The van der Waals surface area contributed by atoms with Crippen LogP contribution in [0.25, 0.3) is 0 Å². The molecule has 19 heavy (non-hydrogen) atoms. The molecule has 2 N–H and O–H groups in total. The lowest BCUT2D eigenvalue weighted by Gasteiger charge is -2.07. The van der Waals surface area contributed by atoms with E-state index in [1.165, 1.54) is 6.92 Å². The van der Waals surface area contributed by atoms with Crippen molar-refractivity contribution < 1.29 is 9.63 Å². The van der Waals surface area contributed by atoms with Crippen molar-refractivity contribution in [3.63, 3.8) is 0 Å². The molecule has 0 bridgehead atoms. The van der Waals surface area contributed by atoms with Crippen LogP contribution in [-0.2, 0) is 22.8 Å². The molecule has 0 aliphatic heterocycles. The molecule has 0 saturated carbocycles. The minimum absolute atomic E-state index is 0.0650. The summed E-state index contributed by atoms with van der Waals surface area (Å²) in [6.07, 6.45) is 0. The Kier molecular flexibility index (Phi) is 5.09. The maximum absolute atomic E-state index is 11.0. The second kappa shape index (κ2) is 7.04. The van der Waals surface area contributed by atoms with Gasteiger partial charge in [-0.25, -0.2) is 0 Å². The number of amides is 1. The highest BCUT2D eigenvalue weighted by atomic mass is 32.1. The van der Waals surface area contributed by atoms with E-state index in [4.69, 9.17) is 4.84 Å². The molecular formula is C14H16N2O2S. The number of rotatable bonds is 6.